The summed E-state index contributed by atoms with van der Waals surface area (Å²) in [5.74, 6) is 1.69. The first-order valence-electron chi connectivity index (χ1n) is 4.44. The van der Waals surface area contributed by atoms with Crippen molar-refractivity contribution in [2.45, 2.75) is 12.8 Å². The van der Waals surface area contributed by atoms with E-state index in [-0.39, 0.29) is 0 Å². The molecule has 0 bridgehead atoms. The summed E-state index contributed by atoms with van der Waals surface area (Å²) >= 11 is 3.31. The Bertz CT molecular complexity index is 281. The van der Waals surface area contributed by atoms with Crippen LogP contribution in [0.4, 0.5) is 5.95 Å². The second kappa shape index (κ2) is 3.62. The summed E-state index contributed by atoms with van der Waals surface area (Å²) in [6.07, 6.45) is 6.29. The molecule has 0 aromatic carbocycles. The van der Waals surface area contributed by atoms with Crippen molar-refractivity contribution < 1.29 is 0 Å². The number of nitrogens with zero attached hydrogens (tertiary/aromatic N) is 3. The molecule has 1 aliphatic carbocycles. The largest absolute Gasteiger partial charge is 0.344 e. The highest BCUT2D eigenvalue weighted by atomic mass is 79.9. The van der Waals surface area contributed by atoms with Crippen molar-refractivity contribution in [2.24, 2.45) is 5.92 Å². The molecule has 0 amide bonds. The highest BCUT2D eigenvalue weighted by Crippen LogP contribution is 2.30. The molecule has 0 saturated heterocycles. The van der Waals surface area contributed by atoms with E-state index in [0.29, 0.717) is 0 Å². The molecule has 2 rings (SSSR count). The molecule has 1 fully saturated rings. The minimum absolute atomic E-state index is 0.815. The van der Waals surface area contributed by atoms with Gasteiger partial charge in [0.2, 0.25) is 5.95 Å². The van der Waals surface area contributed by atoms with E-state index in [0.717, 1.165) is 22.9 Å². The minimum Gasteiger partial charge on any atom is -0.344 e. The molecule has 1 aliphatic rings. The Morgan fingerprint density at radius 1 is 1.46 bits per heavy atom. The summed E-state index contributed by atoms with van der Waals surface area (Å²) < 4.78 is 0.927. The molecule has 0 atom stereocenters. The van der Waals surface area contributed by atoms with Crippen LogP contribution >= 0.6 is 15.9 Å². The van der Waals surface area contributed by atoms with Crippen molar-refractivity contribution in [3.63, 3.8) is 0 Å². The van der Waals surface area contributed by atoms with Crippen molar-refractivity contribution >= 4 is 21.9 Å². The number of rotatable bonds is 3. The number of anilines is 1. The third-order valence-corrected chi connectivity index (χ3v) is 2.59. The molecule has 1 saturated carbocycles. The van der Waals surface area contributed by atoms with E-state index < -0.39 is 0 Å². The molecule has 70 valence electrons. The standard InChI is InChI=1S/C9H12BrN3/c1-13(6-7-2-3-7)9-11-4-8(10)5-12-9/h4-5,7H,2-3,6H2,1H3. The second-order valence-electron chi connectivity index (χ2n) is 3.53. The molecular formula is C9H12BrN3. The lowest BCUT2D eigenvalue weighted by molar-refractivity contribution is 0.763. The van der Waals surface area contributed by atoms with Crippen LogP contribution in [0.3, 0.4) is 0 Å². The summed E-state index contributed by atoms with van der Waals surface area (Å²) in [6.45, 7) is 1.08. The Hall–Kier alpha value is -0.640. The second-order valence-corrected chi connectivity index (χ2v) is 4.44. The van der Waals surface area contributed by atoms with Crippen molar-refractivity contribution in [3.8, 4) is 0 Å². The van der Waals surface area contributed by atoms with E-state index in [1.54, 1.807) is 12.4 Å². The van der Waals surface area contributed by atoms with Crippen LogP contribution in [0.2, 0.25) is 0 Å². The third-order valence-electron chi connectivity index (χ3n) is 2.18. The smallest absolute Gasteiger partial charge is 0.225 e. The highest BCUT2D eigenvalue weighted by Gasteiger charge is 2.23. The summed E-state index contributed by atoms with van der Waals surface area (Å²) in [5.41, 5.74) is 0. The number of aromatic nitrogens is 2. The Balaban J connectivity index is 2.01. The molecule has 0 unspecified atom stereocenters. The summed E-state index contributed by atoms with van der Waals surface area (Å²) in [4.78, 5) is 10.6. The first kappa shape index (κ1) is 8.94. The van der Waals surface area contributed by atoms with Gasteiger partial charge >= 0.3 is 0 Å². The van der Waals surface area contributed by atoms with E-state index in [2.05, 4.69) is 30.8 Å². The Morgan fingerprint density at radius 3 is 2.62 bits per heavy atom. The Kier molecular flexibility index (Phi) is 2.49. The van der Waals surface area contributed by atoms with Crippen LogP contribution in [0.1, 0.15) is 12.8 Å². The van der Waals surface area contributed by atoms with Gasteiger partial charge < -0.3 is 4.90 Å². The lowest BCUT2D eigenvalue weighted by Crippen LogP contribution is -2.22. The average Bonchev–Trinajstić information content (AvgIpc) is 2.89. The Labute approximate surface area is 86.3 Å². The zero-order valence-corrected chi connectivity index (χ0v) is 9.16. The molecule has 0 radical (unpaired) electrons. The maximum Gasteiger partial charge on any atom is 0.225 e. The van der Waals surface area contributed by atoms with Crippen molar-refractivity contribution in [3.05, 3.63) is 16.9 Å². The predicted molar refractivity (Wildman–Crippen MR) is 55.7 cm³/mol. The number of hydrogen-bond acceptors (Lipinski definition) is 3. The van der Waals surface area contributed by atoms with Crippen LogP contribution < -0.4 is 4.90 Å². The van der Waals surface area contributed by atoms with Gasteiger partial charge in [0, 0.05) is 26.0 Å². The summed E-state index contributed by atoms with van der Waals surface area (Å²) in [6, 6.07) is 0. The molecule has 1 heterocycles. The van der Waals surface area contributed by atoms with Crippen molar-refractivity contribution in [2.75, 3.05) is 18.5 Å². The van der Waals surface area contributed by atoms with Gasteiger partial charge in [0.25, 0.3) is 0 Å². The van der Waals surface area contributed by atoms with Gasteiger partial charge in [-0.2, -0.15) is 0 Å². The third kappa shape index (κ3) is 2.40. The fourth-order valence-electron chi connectivity index (χ4n) is 1.27. The van der Waals surface area contributed by atoms with Crippen LogP contribution in [0.5, 0.6) is 0 Å². The minimum atomic E-state index is 0.815. The lowest BCUT2D eigenvalue weighted by atomic mass is 10.4. The first-order valence-corrected chi connectivity index (χ1v) is 5.23. The van der Waals surface area contributed by atoms with Crippen LogP contribution in [0.15, 0.2) is 16.9 Å². The van der Waals surface area contributed by atoms with Crippen LogP contribution in [0, 0.1) is 5.92 Å². The molecule has 0 spiro atoms. The van der Waals surface area contributed by atoms with Gasteiger partial charge in [-0.1, -0.05) is 0 Å². The van der Waals surface area contributed by atoms with Gasteiger partial charge in [-0.15, -0.1) is 0 Å². The van der Waals surface area contributed by atoms with Gasteiger partial charge in [0.15, 0.2) is 0 Å². The average molecular weight is 242 g/mol. The lowest BCUT2D eigenvalue weighted by Gasteiger charge is -2.15. The quantitative estimate of drug-likeness (QED) is 0.812. The van der Waals surface area contributed by atoms with Crippen molar-refractivity contribution in [1.29, 1.82) is 0 Å². The molecule has 1 aromatic heterocycles. The Morgan fingerprint density at radius 2 is 2.08 bits per heavy atom. The van der Waals surface area contributed by atoms with E-state index in [9.17, 15) is 0 Å². The van der Waals surface area contributed by atoms with Crippen molar-refractivity contribution in [1.82, 2.24) is 9.97 Å². The molecular weight excluding hydrogens is 230 g/mol. The van der Waals surface area contributed by atoms with Gasteiger partial charge in [-0.05, 0) is 34.7 Å². The van der Waals surface area contributed by atoms with Crippen LogP contribution in [0.25, 0.3) is 0 Å². The monoisotopic (exact) mass is 241 g/mol. The number of halogens is 1. The van der Waals surface area contributed by atoms with Gasteiger partial charge in [-0.3, -0.25) is 0 Å². The predicted octanol–water partition coefficient (Wildman–Crippen LogP) is 2.09. The molecule has 0 N–H and O–H groups in total. The van der Waals surface area contributed by atoms with Gasteiger partial charge in [-0.25, -0.2) is 9.97 Å². The van der Waals surface area contributed by atoms with Crippen LogP contribution in [-0.2, 0) is 0 Å². The highest BCUT2D eigenvalue weighted by molar-refractivity contribution is 9.10. The van der Waals surface area contributed by atoms with Crippen LogP contribution in [-0.4, -0.2) is 23.6 Å². The zero-order chi connectivity index (χ0) is 9.26. The summed E-state index contributed by atoms with van der Waals surface area (Å²) in [5, 5.41) is 0. The topological polar surface area (TPSA) is 29.0 Å². The molecule has 13 heavy (non-hydrogen) atoms. The first-order chi connectivity index (χ1) is 6.25. The fraction of sp³-hybridized carbons (Fsp3) is 0.556. The summed E-state index contributed by atoms with van der Waals surface area (Å²) in [7, 11) is 2.04. The molecule has 0 aliphatic heterocycles. The zero-order valence-electron chi connectivity index (χ0n) is 7.57. The maximum atomic E-state index is 4.23. The van der Waals surface area contributed by atoms with Gasteiger partial charge in [0.1, 0.15) is 0 Å². The SMILES string of the molecule is CN(CC1CC1)c1ncc(Br)cn1. The van der Waals surface area contributed by atoms with E-state index in [1.807, 2.05) is 7.05 Å². The van der Waals surface area contributed by atoms with Gasteiger partial charge in [0.05, 0.1) is 4.47 Å². The normalized spacial score (nSPS) is 15.8. The molecule has 3 nitrogen and oxygen atoms in total. The number of hydrogen-bond donors (Lipinski definition) is 0. The van der Waals surface area contributed by atoms with E-state index >= 15 is 0 Å². The maximum absolute atomic E-state index is 4.23. The molecule has 1 aromatic rings. The fourth-order valence-corrected chi connectivity index (χ4v) is 1.48. The molecule has 4 heteroatoms. The van der Waals surface area contributed by atoms with E-state index in [1.165, 1.54) is 12.8 Å². The van der Waals surface area contributed by atoms with E-state index in [4.69, 9.17) is 0 Å².